The van der Waals surface area contributed by atoms with Crippen LogP contribution in [-0.2, 0) is 16.0 Å². The van der Waals surface area contributed by atoms with Gasteiger partial charge in [0, 0.05) is 24.1 Å². The standard InChI is InChI=1S/C22H25FN2O2/c23-20-9-5-4-6-16(20)14-15-24-21(26)17-10-12-18(13-11-17)22(27)25-19-7-2-1-3-8-19/h1-9,17-18H,10-15H2,(H,24,26)(H,25,27). The van der Waals surface area contributed by atoms with Gasteiger partial charge in [-0.25, -0.2) is 4.39 Å². The maximum absolute atomic E-state index is 13.6. The van der Waals surface area contributed by atoms with Gasteiger partial charge in [-0.2, -0.15) is 0 Å². The molecule has 0 heterocycles. The fraction of sp³-hybridized carbons (Fsp3) is 0.364. The van der Waals surface area contributed by atoms with Gasteiger partial charge in [-0.3, -0.25) is 9.59 Å². The third kappa shape index (κ3) is 5.39. The predicted octanol–water partition coefficient (Wildman–Crippen LogP) is 3.93. The summed E-state index contributed by atoms with van der Waals surface area (Å²) in [5, 5.41) is 5.84. The molecule has 4 nitrogen and oxygen atoms in total. The summed E-state index contributed by atoms with van der Waals surface area (Å²) in [5.41, 5.74) is 1.41. The second-order valence-corrected chi connectivity index (χ2v) is 7.04. The fourth-order valence-electron chi connectivity index (χ4n) is 3.55. The Hall–Kier alpha value is -2.69. The van der Waals surface area contributed by atoms with Crippen LogP contribution in [0.2, 0.25) is 0 Å². The first-order valence-corrected chi connectivity index (χ1v) is 9.50. The van der Waals surface area contributed by atoms with Crippen molar-refractivity contribution < 1.29 is 14.0 Å². The zero-order valence-corrected chi connectivity index (χ0v) is 15.3. The van der Waals surface area contributed by atoms with Crippen LogP contribution in [-0.4, -0.2) is 18.4 Å². The van der Waals surface area contributed by atoms with Crippen LogP contribution in [0.5, 0.6) is 0 Å². The van der Waals surface area contributed by atoms with Crippen LogP contribution in [0.3, 0.4) is 0 Å². The van der Waals surface area contributed by atoms with E-state index in [2.05, 4.69) is 10.6 Å². The van der Waals surface area contributed by atoms with E-state index in [1.165, 1.54) is 6.07 Å². The molecule has 1 fully saturated rings. The SMILES string of the molecule is O=C(NCCc1ccccc1F)C1CCC(C(=O)Nc2ccccc2)CC1. The second kappa shape index (κ2) is 9.31. The first kappa shape index (κ1) is 19.1. The minimum Gasteiger partial charge on any atom is -0.356 e. The van der Waals surface area contributed by atoms with Gasteiger partial charge < -0.3 is 10.6 Å². The number of rotatable bonds is 6. The molecular weight excluding hydrogens is 343 g/mol. The van der Waals surface area contributed by atoms with Gasteiger partial charge >= 0.3 is 0 Å². The summed E-state index contributed by atoms with van der Waals surface area (Å²) in [6.07, 6.45) is 3.32. The number of para-hydroxylation sites is 1. The summed E-state index contributed by atoms with van der Waals surface area (Å²) in [6, 6.07) is 16.0. The molecule has 2 aromatic rings. The van der Waals surface area contributed by atoms with E-state index >= 15 is 0 Å². The molecule has 1 aliphatic carbocycles. The van der Waals surface area contributed by atoms with Crippen molar-refractivity contribution in [1.82, 2.24) is 5.32 Å². The molecule has 1 saturated carbocycles. The minimum atomic E-state index is -0.239. The molecular formula is C22H25FN2O2. The van der Waals surface area contributed by atoms with E-state index in [0.29, 0.717) is 44.2 Å². The van der Waals surface area contributed by atoms with E-state index in [-0.39, 0.29) is 29.5 Å². The van der Waals surface area contributed by atoms with E-state index in [1.54, 1.807) is 18.2 Å². The number of halogens is 1. The van der Waals surface area contributed by atoms with Gasteiger partial charge in [0.25, 0.3) is 0 Å². The van der Waals surface area contributed by atoms with Crippen LogP contribution >= 0.6 is 0 Å². The summed E-state index contributed by atoms with van der Waals surface area (Å²) in [5.74, 6) is -0.316. The lowest BCUT2D eigenvalue weighted by molar-refractivity contribution is -0.128. The number of nitrogens with one attached hydrogen (secondary N) is 2. The summed E-state index contributed by atoms with van der Waals surface area (Å²) in [4.78, 5) is 24.7. The highest BCUT2D eigenvalue weighted by Gasteiger charge is 2.29. The van der Waals surface area contributed by atoms with E-state index in [1.807, 2.05) is 30.3 Å². The average Bonchev–Trinajstić information content (AvgIpc) is 2.70. The van der Waals surface area contributed by atoms with Crippen molar-refractivity contribution >= 4 is 17.5 Å². The van der Waals surface area contributed by atoms with Crippen molar-refractivity contribution in [3.8, 4) is 0 Å². The Morgan fingerprint density at radius 3 is 2.11 bits per heavy atom. The number of carbonyl (C=O) groups excluding carboxylic acids is 2. The average molecular weight is 368 g/mol. The van der Waals surface area contributed by atoms with E-state index in [4.69, 9.17) is 0 Å². The molecule has 0 aliphatic heterocycles. The van der Waals surface area contributed by atoms with Gasteiger partial charge in [0.15, 0.2) is 0 Å². The van der Waals surface area contributed by atoms with Gasteiger partial charge in [-0.15, -0.1) is 0 Å². The lowest BCUT2D eigenvalue weighted by atomic mass is 9.81. The molecule has 0 atom stereocenters. The molecule has 0 spiro atoms. The van der Waals surface area contributed by atoms with Crippen LogP contribution in [0.4, 0.5) is 10.1 Å². The Morgan fingerprint density at radius 2 is 1.44 bits per heavy atom. The first-order valence-electron chi connectivity index (χ1n) is 9.50. The molecule has 2 N–H and O–H groups in total. The van der Waals surface area contributed by atoms with Crippen molar-refractivity contribution in [2.45, 2.75) is 32.1 Å². The zero-order chi connectivity index (χ0) is 19.1. The summed E-state index contributed by atoms with van der Waals surface area (Å²) in [7, 11) is 0. The molecule has 0 aromatic heterocycles. The number of anilines is 1. The van der Waals surface area contributed by atoms with E-state index in [9.17, 15) is 14.0 Å². The highest BCUT2D eigenvalue weighted by Crippen LogP contribution is 2.29. The molecule has 0 saturated heterocycles. The Balaban J connectivity index is 1.40. The highest BCUT2D eigenvalue weighted by atomic mass is 19.1. The smallest absolute Gasteiger partial charge is 0.227 e. The van der Waals surface area contributed by atoms with Gasteiger partial charge in [0.2, 0.25) is 11.8 Å². The molecule has 0 unspecified atom stereocenters. The van der Waals surface area contributed by atoms with Crippen LogP contribution in [0, 0.1) is 17.7 Å². The summed E-state index contributed by atoms with van der Waals surface area (Å²) >= 11 is 0. The van der Waals surface area contributed by atoms with Gasteiger partial charge in [-0.05, 0) is 55.9 Å². The molecule has 3 rings (SSSR count). The number of amides is 2. The Bertz CT molecular complexity index is 771. The zero-order valence-electron chi connectivity index (χ0n) is 15.3. The third-order valence-corrected chi connectivity index (χ3v) is 5.16. The molecule has 2 aromatic carbocycles. The predicted molar refractivity (Wildman–Crippen MR) is 104 cm³/mol. The van der Waals surface area contributed by atoms with Crippen molar-refractivity contribution in [2.24, 2.45) is 11.8 Å². The molecule has 5 heteroatoms. The van der Waals surface area contributed by atoms with Crippen molar-refractivity contribution in [1.29, 1.82) is 0 Å². The molecule has 1 aliphatic rings. The third-order valence-electron chi connectivity index (χ3n) is 5.16. The van der Waals surface area contributed by atoms with Crippen LogP contribution in [0.15, 0.2) is 54.6 Å². The van der Waals surface area contributed by atoms with Gasteiger partial charge in [-0.1, -0.05) is 36.4 Å². The van der Waals surface area contributed by atoms with Crippen molar-refractivity contribution in [2.75, 3.05) is 11.9 Å². The van der Waals surface area contributed by atoms with Gasteiger partial charge in [0.1, 0.15) is 5.82 Å². The summed E-state index contributed by atoms with van der Waals surface area (Å²) in [6.45, 7) is 0.425. The minimum absolute atomic E-state index is 0.00765. The van der Waals surface area contributed by atoms with Crippen LogP contribution in [0.1, 0.15) is 31.2 Å². The van der Waals surface area contributed by atoms with E-state index < -0.39 is 0 Å². The molecule has 0 radical (unpaired) electrons. The number of hydrogen-bond donors (Lipinski definition) is 2. The monoisotopic (exact) mass is 368 g/mol. The number of hydrogen-bond acceptors (Lipinski definition) is 2. The first-order chi connectivity index (χ1) is 13.1. The Morgan fingerprint density at radius 1 is 0.852 bits per heavy atom. The topological polar surface area (TPSA) is 58.2 Å². The maximum atomic E-state index is 13.6. The maximum Gasteiger partial charge on any atom is 0.227 e. The normalized spacial score (nSPS) is 19.3. The summed E-state index contributed by atoms with van der Waals surface area (Å²) < 4.78 is 13.6. The van der Waals surface area contributed by atoms with Crippen molar-refractivity contribution in [3.63, 3.8) is 0 Å². The Kier molecular flexibility index (Phi) is 6.58. The van der Waals surface area contributed by atoms with Crippen LogP contribution < -0.4 is 10.6 Å². The lowest BCUT2D eigenvalue weighted by Gasteiger charge is -2.27. The van der Waals surface area contributed by atoms with Gasteiger partial charge in [0.05, 0.1) is 0 Å². The quantitative estimate of drug-likeness (QED) is 0.812. The highest BCUT2D eigenvalue weighted by molar-refractivity contribution is 5.92. The molecule has 2 amide bonds. The second-order valence-electron chi connectivity index (χ2n) is 7.04. The fourth-order valence-corrected chi connectivity index (χ4v) is 3.55. The van der Waals surface area contributed by atoms with E-state index in [0.717, 1.165) is 5.69 Å². The number of carbonyl (C=O) groups is 2. The molecule has 142 valence electrons. The number of benzene rings is 2. The molecule has 0 bridgehead atoms. The van der Waals surface area contributed by atoms with Crippen LogP contribution in [0.25, 0.3) is 0 Å². The lowest BCUT2D eigenvalue weighted by Crippen LogP contribution is -2.36. The van der Waals surface area contributed by atoms with Crippen molar-refractivity contribution in [3.05, 3.63) is 66.0 Å². The molecule has 27 heavy (non-hydrogen) atoms. The largest absolute Gasteiger partial charge is 0.356 e. The Labute approximate surface area is 159 Å².